The van der Waals surface area contributed by atoms with Crippen LogP contribution in [-0.2, 0) is 6.18 Å². The maximum Gasteiger partial charge on any atom is 0.420 e. The molecule has 0 radical (unpaired) electrons. The van der Waals surface area contributed by atoms with Gasteiger partial charge in [0.2, 0.25) is 0 Å². The number of rotatable bonds is 2. The van der Waals surface area contributed by atoms with Crippen molar-refractivity contribution in [2.24, 2.45) is 0 Å². The first kappa shape index (κ1) is 12.6. The van der Waals surface area contributed by atoms with Crippen molar-refractivity contribution in [3.8, 4) is 11.1 Å². The quantitative estimate of drug-likeness (QED) is 0.779. The number of anilines is 1. The minimum absolute atomic E-state index is 0.130. The van der Waals surface area contributed by atoms with Gasteiger partial charge in [-0.1, -0.05) is 0 Å². The van der Waals surface area contributed by atoms with Gasteiger partial charge < -0.3 is 14.1 Å². The van der Waals surface area contributed by atoms with Gasteiger partial charge in [0, 0.05) is 24.4 Å². The highest BCUT2D eigenvalue weighted by Gasteiger charge is 2.34. The van der Waals surface area contributed by atoms with E-state index in [1.807, 2.05) is 0 Å². The third-order valence-corrected chi connectivity index (χ3v) is 2.97. The molecule has 0 saturated heterocycles. The van der Waals surface area contributed by atoms with Gasteiger partial charge in [0.05, 0.1) is 24.3 Å². The molecule has 0 spiro atoms. The van der Waals surface area contributed by atoms with Crippen LogP contribution in [-0.4, -0.2) is 16.4 Å². The van der Waals surface area contributed by atoms with Crippen LogP contribution in [0.25, 0.3) is 16.8 Å². The summed E-state index contributed by atoms with van der Waals surface area (Å²) in [7, 11) is 1.60. The van der Waals surface area contributed by atoms with Crippen LogP contribution in [0.15, 0.2) is 41.5 Å². The van der Waals surface area contributed by atoms with Gasteiger partial charge in [0.15, 0.2) is 5.65 Å². The Kier molecular flexibility index (Phi) is 2.70. The molecule has 4 nitrogen and oxygen atoms in total. The van der Waals surface area contributed by atoms with Crippen molar-refractivity contribution in [1.82, 2.24) is 9.38 Å². The number of hydrogen-bond donors (Lipinski definition) is 1. The zero-order valence-corrected chi connectivity index (χ0v) is 10.4. The number of fused-ring (bicyclic) bond motifs is 1. The second kappa shape index (κ2) is 4.29. The summed E-state index contributed by atoms with van der Waals surface area (Å²) in [6, 6.07) is 2.68. The number of halogens is 3. The van der Waals surface area contributed by atoms with Gasteiger partial charge in [-0.25, -0.2) is 4.98 Å². The fourth-order valence-electron chi connectivity index (χ4n) is 2.01. The lowest BCUT2D eigenvalue weighted by atomic mass is 10.1. The molecule has 0 atom stereocenters. The first-order chi connectivity index (χ1) is 9.49. The molecule has 0 amide bonds. The second-order valence-electron chi connectivity index (χ2n) is 4.26. The van der Waals surface area contributed by atoms with Crippen LogP contribution >= 0.6 is 0 Å². The highest BCUT2D eigenvalue weighted by atomic mass is 19.4. The van der Waals surface area contributed by atoms with E-state index in [1.165, 1.54) is 23.1 Å². The van der Waals surface area contributed by atoms with Crippen molar-refractivity contribution in [3.05, 3.63) is 42.6 Å². The van der Waals surface area contributed by atoms with Crippen molar-refractivity contribution >= 4 is 11.5 Å². The number of imidazole rings is 1. The molecule has 0 saturated carbocycles. The zero-order chi connectivity index (χ0) is 14.3. The predicted octanol–water partition coefficient (Wildman–Crippen LogP) is 3.65. The van der Waals surface area contributed by atoms with Crippen molar-refractivity contribution in [2.75, 3.05) is 12.4 Å². The van der Waals surface area contributed by atoms with E-state index in [9.17, 15) is 13.2 Å². The number of alkyl halides is 3. The van der Waals surface area contributed by atoms with E-state index in [1.54, 1.807) is 19.3 Å². The van der Waals surface area contributed by atoms with Gasteiger partial charge in [-0.05, 0) is 12.1 Å². The van der Waals surface area contributed by atoms with Crippen LogP contribution in [0.4, 0.5) is 19.0 Å². The lowest BCUT2D eigenvalue weighted by Crippen LogP contribution is -2.08. The molecule has 3 rings (SSSR count). The lowest BCUT2D eigenvalue weighted by molar-refractivity contribution is -0.136. The van der Waals surface area contributed by atoms with Crippen molar-refractivity contribution in [2.45, 2.75) is 6.18 Å². The summed E-state index contributed by atoms with van der Waals surface area (Å²) >= 11 is 0. The van der Waals surface area contributed by atoms with Gasteiger partial charge in [0.1, 0.15) is 5.82 Å². The van der Waals surface area contributed by atoms with Crippen LogP contribution in [0.1, 0.15) is 5.56 Å². The number of aromatic nitrogens is 2. The van der Waals surface area contributed by atoms with Crippen LogP contribution < -0.4 is 5.32 Å². The summed E-state index contributed by atoms with van der Waals surface area (Å²) in [5.41, 5.74) is 0.0857. The van der Waals surface area contributed by atoms with E-state index in [-0.39, 0.29) is 5.65 Å². The molecule has 3 aromatic heterocycles. The van der Waals surface area contributed by atoms with Gasteiger partial charge in [-0.15, -0.1) is 0 Å². The SMILES string of the molecule is CNc1cn2cc(-c3ccoc3)cc(C(F)(F)F)c2n1. The number of pyridine rings is 1. The summed E-state index contributed by atoms with van der Waals surface area (Å²) in [5, 5.41) is 2.73. The van der Waals surface area contributed by atoms with Gasteiger partial charge in [0.25, 0.3) is 0 Å². The van der Waals surface area contributed by atoms with Crippen LogP contribution in [0, 0.1) is 0 Å². The number of hydrogen-bond acceptors (Lipinski definition) is 3. The van der Waals surface area contributed by atoms with Gasteiger partial charge in [-0.3, -0.25) is 0 Å². The fraction of sp³-hybridized carbons (Fsp3) is 0.154. The van der Waals surface area contributed by atoms with Crippen LogP contribution in [0.5, 0.6) is 0 Å². The predicted molar refractivity (Wildman–Crippen MR) is 67.4 cm³/mol. The summed E-state index contributed by atoms with van der Waals surface area (Å²) < 4.78 is 45.7. The Hall–Kier alpha value is -2.44. The topological polar surface area (TPSA) is 42.5 Å². The average molecular weight is 281 g/mol. The standard InChI is InChI=1S/C13H10F3N3O/c1-17-11-6-19-5-9(8-2-3-20-7-8)4-10(12(19)18-11)13(14,15)16/h2-7,17H,1H3. The van der Waals surface area contributed by atoms with Gasteiger partial charge >= 0.3 is 6.18 Å². The highest BCUT2D eigenvalue weighted by Crippen LogP contribution is 2.35. The van der Waals surface area contributed by atoms with Crippen LogP contribution in [0.2, 0.25) is 0 Å². The molecule has 3 heterocycles. The molecular weight excluding hydrogens is 271 g/mol. The molecule has 1 N–H and O–H groups in total. The highest BCUT2D eigenvalue weighted by molar-refractivity contribution is 5.68. The molecule has 0 aliphatic carbocycles. The van der Waals surface area contributed by atoms with Crippen LogP contribution in [0.3, 0.4) is 0 Å². The zero-order valence-electron chi connectivity index (χ0n) is 10.4. The van der Waals surface area contributed by atoms with Crippen molar-refractivity contribution in [3.63, 3.8) is 0 Å². The Morgan fingerprint density at radius 2 is 2.05 bits per heavy atom. The van der Waals surface area contributed by atoms with E-state index in [0.717, 1.165) is 6.07 Å². The first-order valence-electron chi connectivity index (χ1n) is 5.79. The molecule has 104 valence electrons. The van der Waals surface area contributed by atoms with E-state index < -0.39 is 11.7 Å². The summed E-state index contributed by atoms with van der Waals surface area (Å²) in [6.45, 7) is 0. The molecule has 7 heteroatoms. The Labute approximate surface area is 111 Å². The molecular formula is C13H10F3N3O. The van der Waals surface area contributed by atoms with E-state index in [2.05, 4.69) is 10.3 Å². The number of nitrogens with zero attached hydrogens (tertiary/aromatic N) is 2. The first-order valence-corrected chi connectivity index (χ1v) is 5.79. The molecule has 3 aromatic rings. The van der Waals surface area contributed by atoms with E-state index in [4.69, 9.17) is 4.42 Å². The van der Waals surface area contributed by atoms with Gasteiger partial charge in [-0.2, -0.15) is 13.2 Å². The molecule has 0 aliphatic rings. The summed E-state index contributed by atoms with van der Waals surface area (Å²) in [4.78, 5) is 3.93. The molecule has 0 aromatic carbocycles. The third kappa shape index (κ3) is 2.01. The number of furan rings is 1. The Balaban J connectivity index is 2.30. The number of nitrogens with one attached hydrogen (secondary N) is 1. The Morgan fingerprint density at radius 3 is 2.65 bits per heavy atom. The van der Waals surface area contributed by atoms with E-state index in [0.29, 0.717) is 16.9 Å². The fourth-order valence-corrected chi connectivity index (χ4v) is 2.01. The molecule has 0 aliphatic heterocycles. The van der Waals surface area contributed by atoms with E-state index >= 15 is 0 Å². The summed E-state index contributed by atoms with van der Waals surface area (Å²) in [5.74, 6) is 0.375. The Morgan fingerprint density at radius 1 is 1.25 bits per heavy atom. The molecule has 0 bridgehead atoms. The maximum absolute atomic E-state index is 13.2. The molecule has 0 unspecified atom stereocenters. The normalized spacial score (nSPS) is 12.0. The summed E-state index contributed by atoms with van der Waals surface area (Å²) in [6.07, 6.45) is 1.44. The third-order valence-electron chi connectivity index (χ3n) is 2.97. The largest absolute Gasteiger partial charge is 0.472 e. The minimum Gasteiger partial charge on any atom is -0.472 e. The monoisotopic (exact) mass is 281 g/mol. The molecule has 0 fully saturated rings. The minimum atomic E-state index is -4.47. The second-order valence-corrected chi connectivity index (χ2v) is 4.26. The smallest absolute Gasteiger partial charge is 0.420 e. The van der Waals surface area contributed by atoms with Crippen molar-refractivity contribution < 1.29 is 17.6 Å². The Bertz CT molecular complexity index is 744. The lowest BCUT2D eigenvalue weighted by Gasteiger charge is -2.10. The average Bonchev–Trinajstić information content (AvgIpc) is 3.04. The maximum atomic E-state index is 13.2. The van der Waals surface area contributed by atoms with Crippen molar-refractivity contribution in [1.29, 1.82) is 0 Å². The molecule has 20 heavy (non-hydrogen) atoms.